The third kappa shape index (κ3) is 6.89. The first-order chi connectivity index (χ1) is 14.7. The summed E-state index contributed by atoms with van der Waals surface area (Å²) in [6, 6.07) is 12.6. The van der Waals surface area contributed by atoms with Gasteiger partial charge in [0.2, 0.25) is 0 Å². The Balaban J connectivity index is 2.28. The molecule has 0 saturated carbocycles. The van der Waals surface area contributed by atoms with Crippen LogP contribution in [0.25, 0.3) is 0 Å². The number of anilines is 1. The van der Waals surface area contributed by atoms with Gasteiger partial charge in [-0.3, -0.25) is 0 Å². The molecule has 7 nitrogen and oxygen atoms in total. The first-order valence-electron chi connectivity index (χ1n) is 10.5. The molecule has 0 heterocycles. The van der Waals surface area contributed by atoms with E-state index in [2.05, 4.69) is 12.2 Å². The Bertz CT molecular complexity index is 991. The summed E-state index contributed by atoms with van der Waals surface area (Å²) in [6.07, 6.45) is 1.65. The summed E-state index contributed by atoms with van der Waals surface area (Å²) in [5, 5.41) is 2.97. The minimum atomic E-state index is -3.71. The Morgan fingerprint density at radius 3 is 2.42 bits per heavy atom. The normalized spacial score (nSPS) is 12.2. The smallest absolute Gasteiger partial charge is 0.322 e. The van der Waals surface area contributed by atoms with Crippen molar-refractivity contribution in [2.24, 2.45) is 0 Å². The molecule has 1 unspecified atom stereocenters. The van der Waals surface area contributed by atoms with Crippen molar-refractivity contribution in [3.63, 3.8) is 0 Å². The van der Waals surface area contributed by atoms with Crippen LogP contribution in [0.3, 0.4) is 0 Å². The maximum atomic E-state index is 13.1. The molecule has 0 saturated heterocycles. The van der Waals surface area contributed by atoms with Crippen molar-refractivity contribution < 1.29 is 22.1 Å². The van der Waals surface area contributed by atoms with Gasteiger partial charge in [-0.2, -0.15) is 8.42 Å². The molecule has 1 N–H and O–H groups in total. The van der Waals surface area contributed by atoms with Gasteiger partial charge in [0.1, 0.15) is 0 Å². The molecule has 170 valence electrons. The molecule has 0 spiro atoms. The minimum Gasteiger partial charge on any atom is -0.493 e. The molecular weight excluding hydrogens is 416 g/mol. The molecule has 1 atom stereocenters. The van der Waals surface area contributed by atoms with E-state index in [-0.39, 0.29) is 23.6 Å². The van der Waals surface area contributed by atoms with Crippen molar-refractivity contribution in [2.45, 2.75) is 53.1 Å². The topological polar surface area (TPSA) is 84.9 Å². The van der Waals surface area contributed by atoms with Crippen molar-refractivity contribution in [3.05, 3.63) is 53.6 Å². The summed E-state index contributed by atoms with van der Waals surface area (Å²) in [7, 11) is -2.26. The quantitative estimate of drug-likeness (QED) is 0.527. The highest BCUT2D eigenvalue weighted by Gasteiger charge is 2.21. The van der Waals surface area contributed by atoms with E-state index in [1.54, 1.807) is 23.1 Å². The van der Waals surface area contributed by atoms with Crippen LogP contribution >= 0.6 is 0 Å². The molecule has 0 aromatic heterocycles. The van der Waals surface area contributed by atoms with E-state index >= 15 is 0 Å². The number of urea groups is 1. The van der Waals surface area contributed by atoms with Gasteiger partial charge in [-0.15, -0.1) is 0 Å². The minimum absolute atomic E-state index is 0.0276. The van der Waals surface area contributed by atoms with E-state index in [0.29, 0.717) is 12.3 Å². The Kier molecular flexibility index (Phi) is 8.74. The van der Waals surface area contributed by atoms with Crippen molar-refractivity contribution in [2.75, 3.05) is 18.2 Å². The number of aryl methyl sites for hydroxylation is 1. The molecule has 2 rings (SSSR count). The summed E-state index contributed by atoms with van der Waals surface area (Å²) < 4.78 is 34.3. The third-order valence-electron chi connectivity index (χ3n) is 5.12. The van der Waals surface area contributed by atoms with Crippen LogP contribution in [0, 0.1) is 0 Å². The van der Waals surface area contributed by atoms with Crippen LogP contribution in [-0.4, -0.2) is 38.3 Å². The summed E-state index contributed by atoms with van der Waals surface area (Å²) in [5.41, 5.74) is 2.62. The zero-order valence-electron chi connectivity index (χ0n) is 18.8. The van der Waals surface area contributed by atoms with Crippen molar-refractivity contribution in [1.29, 1.82) is 0 Å². The van der Waals surface area contributed by atoms with Gasteiger partial charge in [0.25, 0.3) is 0 Å². The van der Waals surface area contributed by atoms with E-state index in [4.69, 9.17) is 8.92 Å². The maximum absolute atomic E-state index is 13.1. The van der Waals surface area contributed by atoms with Crippen molar-refractivity contribution >= 4 is 21.8 Å². The Morgan fingerprint density at radius 2 is 1.81 bits per heavy atom. The van der Waals surface area contributed by atoms with E-state index in [0.717, 1.165) is 29.7 Å². The monoisotopic (exact) mass is 448 g/mol. The molecule has 2 aromatic carbocycles. The van der Waals surface area contributed by atoms with Gasteiger partial charge in [-0.1, -0.05) is 32.0 Å². The van der Waals surface area contributed by atoms with Crippen LogP contribution < -0.4 is 14.2 Å². The van der Waals surface area contributed by atoms with Gasteiger partial charge in [0, 0.05) is 18.3 Å². The Hall–Kier alpha value is -2.74. The number of benzene rings is 2. The fourth-order valence-electron chi connectivity index (χ4n) is 2.99. The molecule has 2 aromatic rings. The summed E-state index contributed by atoms with van der Waals surface area (Å²) in [6.45, 7) is 7.85. The molecule has 0 aliphatic carbocycles. The van der Waals surface area contributed by atoms with Crippen LogP contribution in [0.15, 0.2) is 42.5 Å². The van der Waals surface area contributed by atoms with Crippen LogP contribution in [0.5, 0.6) is 11.5 Å². The fourth-order valence-corrected chi connectivity index (χ4v) is 3.51. The number of nitrogens with one attached hydrogen (secondary N) is 1. The highest BCUT2D eigenvalue weighted by Crippen LogP contribution is 2.30. The predicted octanol–water partition coefficient (Wildman–Crippen LogP) is 4.82. The first-order valence-corrected chi connectivity index (χ1v) is 12.1. The number of hydrogen-bond acceptors (Lipinski definition) is 5. The number of ether oxygens (including phenoxy) is 1. The van der Waals surface area contributed by atoms with Crippen molar-refractivity contribution in [1.82, 2.24) is 4.90 Å². The molecule has 2 amide bonds. The zero-order valence-corrected chi connectivity index (χ0v) is 19.7. The first kappa shape index (κ1) is 24.5. The Labute approximate surface area is 185 Å². The van der Waals surface area contributed by atoms with E-state index < -0.39 is 10.1 Å². The molecule has 0 aliphatic rings. The molecule has 0 fully saturated rings. The average molecular weight is 449 g/mol. The highest BCUT2D eigenvalue weighted by atomic mass is 32.2. The number of methoxy groups -OCH3 is 1. The van der Waals surface area contributed by atoms with Gasteiger partial charge < -0.3 is 19.1 Å². The number of carbonyl (C=O) groups is 1. The van der Waals surface area contributed by atoms with E-state index in [1.165, 1.54) is 14.0 Å². The second kappa shape index (κ2) is 11.0. The van der Waals surface area contributed by atoms with Crippen LogP contribution in [0.2, 0.25) is 0 Å². The zero-order chi connectivity index (χ0) is 23.0. The summed E-state index contributed by atoms with van der Waals surface area (Å²) in [4.78, 5) is 14.8. The van der Waals surface area contributed by atoms with Gasteiger partial charge in [-0.25, -0.2) is 4.79 Å². The van der Waals surface area contributed by atoms with Gasteiger partial charge in [-0.05, 0) is 62.1 Å². The largest absolute Gasteiger partial charge is 0.493 e. The molecule has 0 aliphatic heterocycles. The lowest BCUT2D eigenvalue weighted by Crippen LogP contribution is -2.40. The second-order valence-corrected chi connectivity index (χ2v) is 9.14. The summed E-state index contributed by atoms with van der Waals surface area (Å²) >= 11 is 0. The van der Waals surface area contributed by atoms with Crippen molar-refractivity contribution in [3.8, 4) is 11.5 Å². The SMILES string of the molecule is CCc1cccc(NC(=O)N(Cc2ccc(OC)c(OS(=O)(=O)CC)c2)C(C)CC)c1. The van der Waals surface area contributed by atoms with Gasteiger partial charge in [0.15, 0.2) is 11.5 Å². The standard InChI is InChI=1S/C23H32N2O5S/c1-6-17(4)25(23(26)24-20-11-9-10-18(7-2)14-20)16-19-12-13-21(29-5)22(15-19)30-31(27,28)8-3/h9-15,17H,6-8,16H2,1-5H3,(H,24,26). The molecule has 0 radical (unpaired) electrons. The molecule has 8 heteroatoms. The summed E-state index contributed by atoms with van der Waals surface area (Å²) in [5.74, 6) is 0.275. The van der Waals surface area contributed by atoms with Crippen LogP contribution in [0.1, 0.15) is 45.2 Å². The number of rotatable bonds is 10. The van der Waals surface area contributed by atoms with Crippen LogP contribution in [0.4, 0.5) is 10.5 Å². The average Bonchev–Trinajstić information content (AvgIpc) is 2.76. The van der Waals surface area contributed by atoms with E-state index in [1.807, 2.05) is 38.1 Å². The second-order valence-electron chi connectivity index (χ2n) is 7.28. The van der Waals surface area contributed by atoms with E-state index in [9.17, 15) is 13.2 Å². The maximum Gasteiger partial charge on any atom is 0.322 e. The fraction of sp³-hybridized carbons (Fsp3) is 0.435. The molecule has 31 heavy (non-hydrogen) atoms. The predicted molar refractivity (Wildman–Crippen MR) is 123 cm³/mol. The van der Waals surface area contributed by atoms with Gasteiger partial charge in [0.05, 0.1) is 12.9 Å². The number of nitrogens with zero attached hydrogens (tertiary/aromatic N) is 1. The number of carbonyl (C=O) groups excluding carboxylic acids is 1. The lowest BCUT2D eigenvalue weighted by atomic mass is 10.1. The van der Waals surface area contributed by atoms with Crippen LogP contribution in [-0.2, 0) is 23.1 Å². The molecular formula is C23H32N2O5S. The third-order valence-corrected chi connectivity index (χ3v) is 6.26. The lowest BCUT2D eigenvalue weighted by molar-refractivity contribution is 0.187. The Morgan fingerprint density at radius 1 is 1.06 bits per heavy atom. The lowest BCUT2D eigenvalue weighted by Gasteiger charge is -2.29. The van der Waals surface area contributed by atoms with Gasteiger partial charge >= 0.3 is 16.1 Å². The number of hydrogen-bond donors (Lipinski definition) is 1. The number of amides is 2. The molecule has 0 bridgehead atoms. The highest BCUT2D eigenvalue weighted by molar-refractivity contribution is 7.87.